The molecule has 3 N–H and O–H groups in total. The molecular weight excluding hydrogens is 343 g/mol. The fourth-order valence-corrected chi connectivity index (χ4v) is 2.46. The monoisotopic (exact) mass is 362 g/mol. The van der Waals surface area contributed by atoms with Crippen molar-refractivity contribution in [1.82, 2.24) is 5.32 Å². The molecule has 6 nitrogen and oxygen atoms in total. The molecule has 0 bridgehead atoms. The van der Waals surface area contributed by atoms with Gasteiger partial charge in [-0.3, -0.25) is 4.79 Å². The van der Waals surface area contributed by atoms with Crippen molar-refractivity contribution in [3.05, 3.63) is 22.2 Å². The molecule has 1 aromatic rings. The Labute approximate surface area is 145 Å². The normalized spacial score (nSPS) is 11.0. The third-order valence-electron chi connectivity index (χ3n) is 2.96. The van der Waals surface area contributed by atoms with Crippen LogP contribution in [0.15, 0.2) is 12.1 Å². The number of carbonyl (C=O) groups excluding carboxylic acids is 1. The quantitative estimate of drug-likeness (QED) is 0.679. The number of aliphatic carboxylic acids is 1. The Morgan fingerprint density at radius 2 is 1.83 bits per heavy atom. The number of anilines is 1. The van der Waals surface area contributed by atoms with Crippen LogP contribution in [0.5, 0.6) is 5.75 Å². The van der Waals surface area contributed by atoms with Gasteiger partial charge in [-0.2, -0.15) is 0 Å². The lowest BCUT2D eigenvalue weighted by Crippen LogP contribution is -2.45. The number of halogens is 2. The molecule has 0 unspecified atom stereocenters. The summed E-state index contributed by atoms with van der Waals surface area (Å²) in [6, 6.07) is 2.58. The van der Waals surface area contributed by atoms with E-state index in [1.54, 1.807) is 13.8 Å². The zero-order valence-electron chi connectivity index (χ0n) is 13.2. The molecule has 23 heavy (non-hydrogen) atoms. The lowest BCUT2D eigenvalue weighted by atomic mass is 9.99. The van der Waals surface area contributed by atoms with Gasteiger partial charge in [0.25, 0.3) is 0 Å². The number of ether oxygens (including phenoxy) is 1. The summed E-state index contributed by atoms with van der Waals surface area (Å²) in [4.78, 5) is 22.6. The van der Waals surface area contributed by atoms with Crippen LogP contribution in [0.25, 0.3) is 0 Å². The third-order valence-corrected chi connectivity index (χ3v) is 3.52. The molecule has 0 aliphatic heterocycles. The van der Waals surface area contributed by atoms with Gasteiger partial charge in [0.15, 0.2) is 5.75 Å². The van der Waals surface area contributed by atoms with Crippen molar-refractivity contribution in [2.75, 3.05) is 11.9 Å². The second-order valence-electron chi connectivity index (χ2n) is 5.56. The summed E-state index contributed by atoms with van der Waals surface area (Å²) in [6.45, 7) is 5.72. The first-order valence-electron chi connectivity index (χ1n) is 7.07. The van der Waals surface area contributed by atoms with Crippen molar-refractivity contribution in [2.45, 2.75) is 39.2 Å². The smallest absolute Gasteiger partial charge is 0.319 e. The van der Waals surface area contributed by atoms with Crippen LogP contribution in [0.3, 0.4) is 0 Å². The molecule has 0 spiro atoms. The summed E-state index contributed by atoms with van der Waals surface area (Å²) in [6.07, 6.45) is 0.272. The molecule has 0 heterocycles. The Balaban J connectivity index is 2.72. The van der Waals surface area contributed by atoms with Crippen molar-refractivity contribution in [3.63, 3.8) is 0 Å². The maximum Gasteiger partial charge on any atom is 0.319 e. The van der Waals surface area contributed by atoms with Gasteiger partial charge in [-0.05, 0) is 39.3 Å². The number of carboxylic acids is 1. The van der Waals surface area contributed by atoms with E-state index < -0.39 is 17.5 Å². The molecule has 0 aliphatic rings. The Morgan fingerprint density at radius 3 is 2.30 bits per heavy atom. The number of carbonyl (C=O) groups is 2. The van der Waals surface area contributed by atoms with Gasteiger partial charge in [0, 0.05) is 17.6 Å². The molecule has 0 fully saturated rings. The summed E-state index contributed by atoms with van der Waals surface area (Å²) >= 11 is 12.1. The number of hydrogen-bond donors (Lipinski definition) is 3. The van der Waals surface area contributed by atoms with E-state index in [2.05, 4.69) is 10.6 Å². The number of urea groups is 1. The number of amides is 2. The topological polar surface area (TPSA) is 87.7 Å². The second kappa shape index (κ2) is 8.26. The van der Waals surface area contributed by atoms with Crippen LogP contribution in [-0.4, -0.2) is 29.3 Å². The first kappa shape index (κ1) is 19.4. The van der Waals surface area contributed by atoms with Crippen molar-refractivity contribution in [1.29, 1.82) is 0 Å². The summed E-state index contributed by atoms with van der Waals surface area (Å²) in [7, 11) is 0. The average molecular weight is 363 g/mol. The van der Waals surface area contributed by atoms with Crippen LogP contribution in [-0.2, 0) is 4.79 Å². The minimum absolute atomic E-state index is 0.0337. The first-order chi connectivity index (χ1) is 10.6. The number of benzene rings is 1. The van der Waals surface area contributed by atoms with E-state index in [0.29, 0.717) is 34.5 Å². The molecule has 1 aromatic carbocycles. The van der Waals surface area contributed by atoms with E-state index in [0.717, 1.165) is 0 Å². The first-order valence-corrected chi connectivity index (χ1v) is 7.83. The number of rotatable bonds is 7. The van der Waals surface area contributed by atoms with Crippen LogP contribution < -0.4 is 15.4 Å². The largest absolute Gasteiger partial charge is 0.491 e. The molecule has 0 radical (unpaired) electrons. The van der Waals surface area contributed by atoms with Crippen molar-refractivity contribution < 1.29 is 19.4 Å². The van der Waals surface area contributed by atoms with E-state index in [1.807, 2.05) is 6.92 Å². The number of carboxylic acid groups (broad SMARTS) is 1. The van der Waals surface area contributed by atoms with Gasteiger partial charge in [-0.15, -0.1) is 0 Å². The van der Waals surface area contributed by atoms with E-state index in [4.69, 9.17) is 33.0 Å². The van der Waals surface area contributed by atoms with Crippen LogP contribution in [0.1, 0.15) is 33.6 Å². The molecule has 0 aliphatic carbocycles. The summed E-state index contributed by atoms with van der Waals surface area (Å²) in [5.41, 5.74) is -0.253. The molecule has 2 amide bonds. The highest BCUT2D eigenvalue weighted by atomic mass is 35.5. The van der Waals surface area contributed by atoms with Gasteiger partial charge in [0.1, 0.15) is 0 Å². The van der Waals surface area contributed by atoms with Crippen LogP contribution in [0.4, 0.5) is 10.5 Å². The Morgan fingerprint density at radius 1 is 1.26 bits per heavy atom. The van der Waals surface area contributed by atoms with Gasteiger partial charge < -0.3 is 20.5 Å². The number of hydrogen-bond acceptors (Lipinski definition) is 3. The Bertz CT molecular complexity index is 568. The van der Waals surface area contributed by atoms with Crippen LogP contribution in [0, 0.1) is 0 Å². The van der Waals surface area contributed by atoms with Crippen LogP contribution >= 0.6 is 23.2 Å². The van der Waals surface area contributed by atoms with Gasteiger partial charge in [-0.1, -0.05) is 23.2 Å². The maximum absolute atomic E-state index is 12.0. The third kappa shape index (κ3) is 6.54. The summed E-state index contributed by atoms with van der Waals surface area (Å²) < 4.78 is 5.31. The minimum atomic E-state index is -0.912. The predicted molar refractivity (Wildman–Crippen MR) is 90.7 cm³/mol. The second-order valence-corrected chi connectivity index (χ2v) is 6.37. The summed E-state index contributed by atoms with van der Waals surface area (Å²) in [5, 5.41) is 14.6. The zero-order valence-corrected chi connectivity index (χ0v) is 14.7. The van der Waals surface area contributed by atoms with E-state index in [1.165, 1.54) is 12.1 Å². The fraction of sp³-hybridized carbons (Fsp3) is 0.467. The maximum atomic E-state index is 12.0. The lowest BCUT2D eigenvalue weighted by Gasteiger charge is -2.25. The molecule has 0 aromatic heterocycles. The van der Waals surface area contributed by atoms with E-state index >= 15 is 0 Å². The van der Waals surface area contributed by atoms with Gasteiger partial charge in [0.05, 0.1) is 16.7 Å². The molecular formula is C15H20Cl2N2O4. The molecule has 1 rings (SSSR count). The van der Waals surface area contributed by atoms with Gasteiger partial charge >= 0.3 is 12.0 Å². The van der Waals surface area contributed by atoms with E-state index in [-0.39, 0.29) is 6.42 Å². The molecule has 8 heteroatoms. The van der Waals surface area contributed by atoms with Crippen molar-refractivity contribution >= 4 is 40.9 Å². The molecule has 0 saturated carbocycles. The zero-order chi connectivity index (χ0) is 17.6. The standard InChI is InChI=1S/C15H20Cl2N2O4/c1-4-23-13-10(16)7-9(8-11(13)17)18-14(22)19-15(2,3)6-5-12(20)21/h7-8H,4-6H2,1-3H3,(H,20,21)(H2,18,19,22). The number of nitrogens with one attached hydrogen (secondary N) is 2. The predicted octanol–water partition coefficient (Wildman–Crippen LogP) is 4.16. The van der Waals surface area contributed by atoms with Crippen molar-refractivity contribution in [2.24, 2.45) is 0 Å². The average Bonchev–Trinajstić information content (AvgIpc) is 2.40. The Hall–Kier alpha value is -1.66. The lowest BCUT2D eigenvalue weighted by molar-refractivity contribution is -0.137. The highest BCUT2D eigenvalue weighted by Crippen LogP contribution is 2.36. The molecule has 128 valence electrons. The minimum Gasteiger partial charge on any atom is -0.491 e. The fourth-order valence-electron chi connectivity index (χ4n) is 1.87. The van der Waals surface area contributed by atoms with Crippen LogP contribution in [0.2, 0.25) is 10.0 Å². The van der Waals surface area contributed by atoms with Crippen molar-refractivity contribution in [3.8, 4) is 5.75 Å². The molecule has 0 saturated heterocycles. The van der Waals surface area contributed by atoms with E-state index in [9.17, 15) is 9.59 Å². The summed E-state index contributed by atoms with van der Waals surface area (Å²) in [5.74, 6) is -0.547. The van der Waals surface area contributed by atoms with Gasteiger partial charge in [-0.25, -0.2) is 4.79 Å². The SMILES string of the molecule is CCOc1c(Cl)cc(NC(=O)NC(C)(C)CCC(=O)O)cc1Cl. The van der Waals surface area contributed by atoms with Gasteiger partial charge in [0.2, 0.25) is 0 Å². The molecule has 0 atom stereocenters. The Kier molecular flexibility index (Phi) is 6.97. The highest BCUT2D eigenvalue weighted by Gasteiger charge is 2.22. The highest BCUT2D eigenvalue weighted by molar-refractivity contribution is 6.37.